The Morgan fingerprint density at radius 3 is 2.47 bits per heavy atom. The van der Waals surface area contributed by atoms with Crippen molar-refractivity contribution in [1.82, 2.24) is 9.88 Å². The van der Waals surface area contributed by atoms with Crippen molar-refractivity contribution < 1.29 is 19.1 Å². The number of carbonyl (C=O) groups is 3. The van der Waals surface area contributed by atoms with Crippen LogP contribution in [0.25, 0.3) is 20.8 Å². The van der Waals surface area contributed by atoms with Gasteiger partial charge in [0.2, 0.25) is 5.91 Å². The molecule has 3 amide bonds. The summed E-state index contributed by atoms with van der Waals surface area (Å²) < 4.78 is 6.38. The number of hydrogen-bond donors (Lipinski definition) is 0. The number of nitrogens with zero attached hydrogens (tertiary/aromatic N) is 3. The van der Waals surface area contributed by atoms with E-state index in [1.54, 1.807) is 47.7 Å². The second kappa shape index (κ2) is 9.68. The molecular formula is C30H29N3O4S. The van der Waals surface area contributed by atoms with Crippen LogP contribution >= 0.6 is 11.3 Å². The summed E-state index contributed by atoms with van der Waals surface area (Å²) in [4.78, 5) is 47.8. The molecule has 1 aliphatic rings. The van der Waals surface area contributed by atoms with Crippen LogP contribution in [-0.2, 0) is 9.59 Å². The molecule has 0 spiro atoms. The molecule has 1 atom stereocenters. The number of thiazole rings is 1. The van der Waals surface area contributed by atoms with Crippen LogP contribution < -0.4 is 9.64 Å². The van der Waals surface area contributed by atoms with Crippen molar-refractivity contribution in [3.8, 4) is 16.3 Å². The maximum Gasteiger partial charge on any atom is 0.257 e. The van der Waals surface area contributed by atoms with E-state index < -0.39 is 17.5 Å². The van der Waals surface area contributed by atoms with E-state index in [1.165, 1.54) is 22.5 Å². The van der Waals surface area contributed by atoms with E-state index in [-0.39, 0.29) is 18.2 Å². The lowest BCUT2D eigenvalue weighted by molar-refractivity contribution is -0.123. The molecule has 7 nitrogen and oxygen atoms in total. The predicted octanol–water partition coefficient (Wildman–Crippen LogP) is 5.85. The van der Waals surface area contributed by atoms with Crippen LogP contribution in [-0.4, -0.2) is 46.3 Å². The van der Waals surface area contributed by atoms with Gasteiger partial charge in [0.05, 0.1) is 29.4 Å². The van der Waals surface area contributed by atoms with Crippen molar-refractivity contribution >= 4 is 45.0 Å². The van der Waals surface area contributed by atoms with Gasteiger partial charge >= 0.3 is 0 Å². The van der Waals surface area contributed by atoms with Gasteiger partial charge in [-0.25, -0.2) is 9.88 Å². The quantitative estimate of drug-likeness (QED) is 0.304. The van der Waals surface area contributed by atoms with Crippen molar-refractivity contribution in [2.75, 3.05) is 12.0 Å². The molecule has 38 heavy (non-hydrogen) atoms. The minimum atomic E-state index is -0.909. The lowest BCUT2D eigenvalue weighted by Gasteiger charge is -2.39. The third-order valence-corrected chi connectivity index (χ3v) is 7.68. The fraction of sp³-hybridized carbons (Fsp3) is 0.267. The molecule has 0 radical (unpaired) electrons. The van der Waals surface area contributed by atoms with Crippen LogP contribution in [0.5, 0.6) is 5.75 Å². The summed E-state index contributed by atoms with van der Waals surface area (Å²) in [6.45, 7) is 7.63. The Bertz CT molecular complexity index is 1550. The zero-order chi connectivity index (χ0) is 27.2. The highest BCUT2D eigenvalue weighted by Crippen LogP contribution is 2.34. The first-order valence-electron chi connectivity index (χ1n) is 12.4. The summed E-state index contributed by atoms with van der Waals surface area (Å²) in [6, 6.07) is 19.3. The molecule has 194 valence electrons. The molecule has 1 fully saturated rings. The Balaban J connectivity index is 1.42. The number of amides is 3. The molecule has 0 N–H and O–H groups in total. The highest BCUT2D eigenvalue weighted by Gasteiger charge is 2.47. The van der Waals surface area contributed by atoms with E-state index in [9.17, 15) is 14.4 Å². The molecule has 8 heteroatoms. The number of anilines is 1. The zero-order valence-corrected chi connectivity index (χ0v) is 22.8. The van der Waals surface area contributed by atoms with Gasteiger partial charge in [0, 0.05) is 16.7 Å². The van der Waals surface area contributed by atoms with E-state index >= 15 is 0 Å². The average Bonchev–Trinajstić information content (AvgIpc) is 3.43. The Labute approximate surface area is 225 Å². The molecule has 1 saturated heterocycles. The van der Waals surface area contributed by atoms with Crippen molar-refractivity contribution in [3.05, 3.63) is 77.9 Å². The molecule has 1 aromatic heterocycles. The van der Waals surface area contributed by atoms with Gasteiger partial charge in [-0.3, -0.25) is 14.4 Å². The maximum absolute atomic E-state index is 13.6. The highest BCUT2D eigenvalue weighted by molar-refractivity contribution is 7.21. The van der Waals surface area contributed by atoms with Gasteiger partial charge in [0.1, 0.15) is 16.8 Å². The number of aromatic nitrogens is 1. The first kappa shape index (κ1) is 25.6. The molecule has 1 aliphatic heterocycles. The molecular weight excluding hydrogens is 498 g/mol. The lowest BCUT2D eigenvalue weighted by Crippen LogP contribution is -2.54. The monoisotopic (exact) mass is 527 g/mol. The molecule has 4 aromatic rings. The van der Waals surface area contributed by atoms with E-state index in [0.29, 0.717) is 17.0 Å². The molecule has 0 bridgehead atoms. The smallest absolute Gasteiger partial charge is 0.257 e. The summed E-state index contributed by atoms with van der Waals surface area (Å²) in [5.41, 5.74) is 3.20. The van der Waals surface area contributed by atoms with Crippen molar-refractivity contribution in [3.63, 3.8) is 0 Å². The summed E-state index contributed by atoms with van der Waals surface area (Å²) >= 11 is 1.60. The largest absolute Gasteiger partial charge is 0.497 e. The Morgan fingerprint density at radius 1 is 1.05 bits per heavy atom. The molecule has 0 aliphatic carbocycles. The van der Waals surface area contributed by atoms with Gasteiger partial charge in [0.15, 0.2) is 0 Å². The van der Waals surface area contributed by atoms with E-state index in [1.807, 2.05) is 45.0 Å². The third kappa shape index (κ3) is 4.67. The Morgan fingerprint density at radius 2 is 1.79 bits per heavy atom. The maximum atomic E-state index is 13.6. The number of imide groups is 1. The van der Waals surface area contributed by atoms with Gasteiger partial charge in [-0.15, -0.1) is 11.3 Å². The number of carbonyl (C=O) groups excluding carboxylic acids is 3. The molecule has 3 aromatic carbocycles. The number of methoxy groups -OCH3 is 1. The summed E-state index contributed by atoms with van der Waals surface area (Å²) in [6.07, 6.45) is -0.0786. The highest BCUT2D eigenvalue weighted by atomic mass is 32.1. The minimum absolute atomic E-state index is 0.0786. The Hall–Kier alpha value is -4.04. The normalized spacial score (nSPS) is 15.8. The second-order valence-corrected chi connectivity index (χ2v) is 11.4. The topological polar surface area (TPSA) is 79.8 Å². The van der Waals surface area contributed by atoms with Crippen LogP contribution in [0.4, 0.5) is 5.69 Å². The van der Waals surface area contributed by atoms with Gasteiger partial charge < -0.3 is 9.64 Å². The van der Waals surface area contributed by atoms with Gasteiger partial charge in [-0.2, -0.15) is 0 Å². The standard InChI is InChI=1S/C30H29N3O4S/c1-18-9-14-23-25(15-18)38-27(31-23)19-10-12-21(13-11-19)32-26(34)17-24(29(32)36)33(30(2,3)4)28(35)20-7-6-8-22(16-20)37-5/h6-16,24H,17H2,1-5H3. The number of fused-ring (bicyclic) bond motifs is 1. The molecule has 1 unspecified atom stereocenters. The zero-order valence-electron chi connectivity index (χ0n) is 22.0. The van der Waals surface area contributed by atoms with E-state index in [0.717, 1.165) is 20.8 Å². The van der Waals surface area contributed by atoms with E-state index in [4.69, 9.17) is 9.72 Å². The number of aryl methyl sites for hydroxylation is 1. The fourth-order valence-corrected chi connectivity index (χ4v) is 5.88. The number of benzene rings is 3. The van der Waals surface area contributed by atoms with Crippen molar-refractivity contribution in [2.45, 2.75) is 45.7 Å². The van der Waals surface area contributed by atoms with Crippen LogP contribution in [0.3, 0.4) is 0 Å². The molecule has 2 heterocycles. The fourth-order valence-electron chi connectivity index (χ4n) is 4.81. The third-order valence-electron chi connectivity index (χ3n) is 6.61. The predicted molar refractivity (Wildman–Crippen MR) is 150 cm³/mol. The van der Waals surface area contributed by atoms with Crippen LogP contribution in [0.1, 0.15) is 43.1 Å². The summed E-state index contributed by atoms with van der Waals surface area (Å²) in [7, 11) is 1.53. The van der Waals surface area contributed by atoms with Crippen molar-refractivity contribution in [2.24, 2.45) is 0 Å². The molecule has 5 rings (SSSR count). The SMILES string of the molecule is COc1cccc(C(=O)N(C2CC(=O)N(c3ccc(-c4nc5ccc(C)cc5s4)cc3)C2=O)C(C)(C)C)c1. The Kier molecular flexibility index (Phi) is 6.53. The average molecular weight is 528 g/mol. The first-order valence-corrected chi connectivity index (χ1v) is 13.2. The molecule has 0 saturated carbocycles. The van der Waals surface area contributed by atoms with Crippen LogP contribution in [0.15, 0.2) is 66.7 Å². The van der Waals surface area contributed by atoms with E-state index in [2.05, 4.69) is 13.0 Å². The number of rotatable bonds is 5. The first-order chi connectivity index (χ1) is 18.1. The van der Waals surface area contributed by atoms with Crippen LogP contribution in [0.2, 0.25) is 0 Å². The second-order valence-electron chi connectivity index (χ2n) is 10.4. The minimum Gasteiger partial charge on any atom is -0.497 e. The van der Waals surface area contributed by atoms with Gasteiger partial charge in [-0.1, -0.05) is 12.1 Å². The lowest BCUT2D eigenvalue weighted by atomic mass is 9.99. The summed E-state index contributed by atoms with van der Waals surface area (Å²) in [5, 5.41) is 0.872. The van der Waals surface area contributed by atoms with Crippen LogP contribution in [0, 0.1) is 6.92 Å². The van der Waals surface area contributed by atoms with Crippen molar-refractivity contribution in [1.29, 1.82) is 0 Å². The van der Waals surface area contributed by atoms with Gasteiger partial charge in [-0.05, 0) is 87.9 Å². The number of hydrogen-bond acceptors (Lipinski definition) is 6. The van der Waals surface area contributed by atoms with Gasteiger partial charge in [0.25, 0.3) is 11.8 Å². The number of ether oxygens (including phenoxy) is 1. The summed E-state index contributed by atoms with van der Waals surface area (Å²) in [5.74, 6) is -0.533.